The molecule has 1 aromatic carbocycles. The van der Waals surface area contributed by atoms with Crippen molar-refractivity contribution >= 4 is 11.3 Å². The van der Waals surface area contributed by atoms with E-state index in [9.17, 15) is 18.3 Å². The molecule has 0 amide bonds. The second-order valence-electron chi connectivity index (χ2n) is 5.12. The van der Waals surface area contributed by atoms with Gasteiger partial charge < -0.3 is 10.4 Å². The smallest absolute Gasteiger partial charge is 0.195 e. The summed E-state index contributed by atoms with van der Waals surface area (Å²) in [5.74, 6) is -4.82. The molecule has 0 bridgehead atoms. The van der Waals surface area contributed by atoms with E-state index in [1.54, 1.807) is 6.07 Å². The zero-order valence-corrected chi connectivity index (χ0v) is 12.5. The first kappa shape index (κ1) is 15.3. The quantitative estimate of drug-likeness (QED) is 0.851. The minimum absolute atomic E-state index is 0.205. The lowest BCUT2D eigenvalue weighted by atomic mass is 10.00. The van der Waals surface area contributed by atoms with Crippen LogP contribution in [0.2, 0.25) is 0 Å². The minimum Gasteiger partial charge on any atom is -0.507 e. The number of thiophene rings is 1. The van der Waals surface area contributed by atoms with Crippen molar-refractivity contribution in [1.29, 1.82) is 0 Å². The molecule has 1 saturated heterocycles. The first-order valence-electron chi connectivity index (χ1n) is 6.94. The Hall–Kier alpha value is -1.57. The Morgan fingerprint density at radius 3 is 2.55 bits per heavy atom. The van der Waals surface area contributed by atoms with Gasteiger partial charge >= 0.3 is 0 Å². The molecule has 0 saturated carbocycles. The highest BCUT2D eigenvalue weighted by Crippen LogP contribution is 2.39. The number of hydrogen-bond acceptors (Lipinski definition) is 4. The van der Waals surface area contributed by atoms with Crippen LogP contribution in [-0.4, -0.2) is 36.2 Å². The van der Waals surface area contributed by atoms with E-state index in [4.69, 9.17) is 0 Å². The molecule has 0 spiro atoms. The van der Waals surface area contributed by atoms with Gasteiger partial charge in [0.15, 0.2) is 17.5 Å². The van der Waals surface area contributed by atoms with Crippen LogP contribution in [0.5, 0.6) is 5.75 Å². The van der Waals surface area contributed by atoms with Crippen LogP contribution in [0.4, 0.5) is 13.2 Å². The molecule has 2 heterocycles. The maximum absolute atomic E-state index is 14.3. The van der Waals surface area contributed by atoms with Crippen LogP contribution in [0.15, 0.2) is 23.6 Å². The molecule has 118 valence electrons. The molecule has 3 nitrogen and oxygen atoms in total. The average Bonchev–Trinajstić information content (AvgIpc) is 3.04. The van der Waals surface area contributed by atoms with E-state index in [1.807, 2.05) is 16.3 Å². The number of hydrogen-bond donors (Lipinski definition) is 2. The molecule has 22 heavy (non-hydrogen) atoms. The molecule has 7 heteroatoms. The summed E-state index contributed by atoms with van der Waals surface area (Å²) in [5.41, 5.74) is -0.205. The lowest BCUT2D eigenvalue weighted by molar-refractivity contribution is 0.193. The van der Waals surface area contributed by atoms with Crippen LogP contribution in [-0.2, 0) is 0 Å². The Morgan fingerprint density at radius 2 is 1.91 bits per heavy atom. The van der Waals surface area contributed by atoms with Gasteiger partial charge in [0.1, 0.15) is 5.75 Å². The molecular formula is C15H15F3N2OS. The molecular weight excluding hydrogens is 313 g/mol. The monoisotopic (exact) mass is 328 g/mol. The molecule has 1 atom stereocenters. The van der Waals surface area contributed by atoms with Crippen molar-refractivity contribution in [3.05, 3.63) is 51.5 Å². The summed E-state index contributed by atoms with van der Waals surface area (Å²) in [7, 11) is 0. The molecule has 0 aliphatic carbocycles. The van der Waals surface area contributed by atoms with Crippen LogP contribution in [0, 0.1) is 17.5 Å². The Labute approximate surface area is 130 Å². The molecule has 3 rings (SSSR count). The van der Waals surface area contributed by atoms with Crippen molar-refractivity contribution < 1.29 is 18.3 Å². The predicted molar refractivity (Wildman–Crippen MR) is 78.6 cm³/mol. The summed E-state index contributed by atoms with van der Waals surface area (Å²) in [4.78, 5) is 2.74. The average molecular weight is 328 g/mol. The molecule has 1 aliphatic rings. The number of aromatic hydroxyl groups is 1. The highest BCUT2D eigenvalue weighted by atomic mass is 32.1. The summed E-state index contributed by atoms with van der Waals surface area (Å²) >= 11 is 1.39. The Morgan fingerprint density at radius 1 is 1.18 bits per heavy atom. The van der Waals surface area contributed by atoms with Gasteiger partial charge in [0.05, 0.1) is 11.6 Å². The largest absolute Gasteiger partial charge is 0.507 e. The van der Waals surface area contributed by atoms with Crippen molar-refractivity contribution in [2.24, 2.45) is 0 Å². The zero-order chi connectivity index (χ0) is 15.7. The zero-order valence-electron chi connectivity index (χ0n) is 11.7. The van der Waals surface area contributed by atoms with E-state index in [2.05, 4.69) is 5.32 Å². The van der Waals surface area contributed by atoms with Crippen LogP contribution in [0.25, 0.3) is 0 Å². The fourth-order valence-corrected chi connectivity index (χ4v) is 3.62. The third-order valence-electron chi connectivity index (χ3n) is 3.78. The lowest BCUT2D eigenvalue weighted by Gasteiger charge is -2.35. The number of phenolic OH excluding ortho intramolecular Hbond substituents is 1. The minimum atomic E-state index is -1.55. The number of nitrogens with one attached hydrogen (secondary N) is 1. The number of rotatable bonds is 3. The third kappa shape index (κ3) is 2.71. The van der Waals surface area contributed by atoms with E-state index in [0.717, 1.165) is 4.88 Å². The fraction of sp³-hybridized carbons (Fsp3) is 0.333. The van der Waals surface area contributed by atoms with Gasteiger partial charge in [0.2, 0.25) is 0 Å². The van der Waals surface area contributed by atoms with Gasteiger partial charge in [-0.2, -0.15) is 0 Å². The van der Waals surface area contributed by atoms with Gasteiger partial charge in [-0.15, -0.1) is 11.3 Å². The topological polar surface area (TPSA) is 35.5 Å². The molecule has 2 aromatic rings. The van der Waals surface area contributed by atoms with Crippen molar-refractivity contribution in [2.45, 2.75) is 6.04 Å². The molecule has 1 aromatic heterocycles. The Kier molecular flexibility index (Phi) is 4.37. The van der Waals surface area contributed by atoms with Crippen LogP contribution in [0.3, 0.4) is 0 Å². The second kappa shape index (κ2) is 6.28. The van der Waals surface area contributed by atoms with E-state index >= 15 is 0 Å². The highest BCUT2D eigenvalue weighted by molar-refractivity contribution is 7.10. The fourth-order valence-electron chi connectivity index (χ4n) is 2.75. The van der Waals surface area contributed by atoms with Crippen molar-refractivity contribution in [2.75, 3.05) is 26.2 Å². The van der Waals surface area contributed by atoms with Crippen LogP contribution >= 0.6 is 11.3 Å². The van der Waals surface area contributed by atoms with E-state index < -0.39 is 29.2 Å². The number of nitrogens with zero attached hydrogens (tertiary/aromatic N) is 1. The summed E-state index contributed by atoms with van der Waals surface area (Å²) in [6.07, 6.45) is 0. The van der Waals surface area contributed by atoms with Crippen molar-refractivity contribution in [3.8, 4) is 5.75 Å². The van der Waals surface area contributed by atoms with E-state index in [1.165, 1.54) is 11.3 Å². The van der Waals surface area contributed by atoms with Gasteiger partial charge in [-0.3, -0.25) is 4.90 Å². The number of benzene rings is 1. The first-order valence-corrected chi connectivity index (χ1v) is 7.82. The van der Waals surface area contributed by atoms with Crippen LogP contribution in [0.1, 0.15) is 16.5 Å². The first-order chi connectivity index (χ1) is 10.6. The van der Waals surface area contributed by atoms with E-state index in [-0.39, 0.29) is 5.56 Å². The van der Waals surface area contributed by atoms with Crippen molar-refractivity contribution in [1.82, 2.24) is 10.2 Å². The van der Waals surface area contributed by atoms with Gasteiger partial charge in [-0.25, -0.2) is 13.2 Å². The summed E-state index contributed by atoms with van der Waals surface area (Å²) < 4.78 is 41.2. The molecule has 0 radical (unpaired) electrons. The number of halogens is 3. The Balaban J connectivity index is 2.12. The highest BCUT2D eigenvalue weighted by Gasteiger charge is 2.32. The molecule has 0 unspecified atom stereocenters. The van der Waals surface area contributed by atoms with E-state index in [0.29, 0.717) is 32.2 Å². The second-order valence-corrected chi connectivity index (χ2v) is 6.10. The predicted octanol–water partition coefficient (Wildman–Crippen LogP) is 2.87. The van der Waals surface area contributed by atoms with Gasteiger partial charge in [-0.05, 0) is 11.4 Å². The van der Waals surface area contributed by atoms with Gasteiger partial charge in [-0.1, -0.05) is 6.07 Å². The van der Waals surface area contributed by atoms with Gasteiger partial charge in [0.25, 0.3) is 0 Å². The van der Waals surface area contributed by atoms with Crippen molar-refractivity contribution in [3.63, 3.8) is 0 Å². The lowest BCUT2D eigenvalue weighted by Crippen LogP contribution is -2.45. The number of piperazine rings is 1. The third-order valence-corrected chi connectivity index (χ3v) is 4.71. The van der Waals surface area contributed by atoms with Gasteiger partial charge in [0, 0.05) is 37.1 Å². The van der Waals surface area contributed by atoms with Crippen LogP contribution < -0.4 is 5.32 Å². The normalized spacial score (nSPS) is 17.6. The maximum Gasteiger partial charge on any atom is 0.195 e. The standard InChI is InChI=1S/C15H15F3N2OS/c16-9-8-10(21)12(14(18)13(9)17)15(11-2-1-7-22-11)20-5-3-19-4-6-20/h1-2,7-8,15,19,21H,3-6H2/t15-/m0/s1. The summed E-state index contributed by atoms with van der Waals surface area (Å²) in [5, 5.41) is 15.0. The summed E-state index contributed by atoms with van der Waals surface area (Å²) in [6.45, 7) is 2.68. The molecule has 2 N–H and O–H groups in total. The Bertz CT molecular complexity index is 657. The summed E-state index contributed by atoms with van der Waals surface area (Å²) in [6, 6.07) is 3.62. The maximum atomic E-state index is 14.3. The SMILES string of the molecule is Oc1cc(F)c(F)c(F)c1[C@H](c1cccs1)N1CCNCC1. The molecule has 1 aliphatic heterocycles. The number of phenols is 1. The molecule has 1 fully saturated rings.